The standard InChI is InChI=1S/C15H12ClF3N4O2S/c1-7-2-3-9(5-10(7)16)23-6-8(4-11(23)24)12(25)20-14-22-21-13(26-14)15(17,18)19/h2-3,5,8H,4,6H2,1H3,(H,20,22,25). The second kappa shape index (κ2) is 6.84. The number of hydrogen-bond donors (Lipinski definition) is 1. The highest BCUT2D eigenvalue weighted by molar-refractivity contribution is 7.15. The van der Waals surface area contributed by atoms with Crippen molar-refractivity contribution in [1.29, 1.82) is 0 Å². The van der Waals surface area contributed by atoms with Crippen LogP contribution in [0.15, 0.2) is 18.2 Å². The zero-order valence-electron chi connectivity index (χ0n) is 13.3. The molecule has 2 amide bonds. The van der Waals surface area contributed by atoms with Crippen molar-refractivity contribution in [2.24, 2.45) is 5.92 Å². The summed E-state index contributed by atoms with van der Waals surface area (Å²) in [6.07, 6.45) is -4.67. The third-order valence-electron chi connectivity index (χ3n) is 3.86. The maximum absolute atomic E-state index is 12.5. The van der Waals surface area contributed by atoms with E-state index in [1.54, 1.807) is 18.2 Å². The molecule has 26 heavy (non-hydrogen) atoms. The molecule has 3 rings (SSSR count). The van der Waals surface area contributed by atoms with Crippen LogP contribution in [0.2, 0.25) is 5.02 Å². The van der Waals surface area contributed by atoms with Crippen molar-refractivity contribution in [2.45, 2.75) is 19.5 Å². The van der Waals surface area contributed by atoms with Gasteiger partial charge < -0.3 is 10.2 Å². The largest absolute Gasteiger partial charge is 0.445 e. The SMILES string of the molecule is Cc1ccc(N2CC(C(=O)Nc3nnc(C(F)(F)F)s3)CC2=O)cc1Cl. The number of nitrogens with one attached hydrogen (secondary N) is 1. The van der Waals surface area contributed by atoms with Gasteiger partial charge in [0, 0.05) is 23.7 Å². The van der Waals surface area contributed by atoms with Crippen LogP contribution >= 0.6 is 22.9 Å². The Morgan fingerprint density at radius 2 is 2.12 bits per heavy atom. The number of alkyl halides is 3. The van der Waals surface area contributed by atoms with Crippen LogP contribution in [0.25, 0.3) is 0 Å². The van der Waals surface area contributed by atoms with Gasteiger partial charge in [0.05, 0.1) is 5.92 Å². The molecule has 0 saturated carbocycles. The Kier molecular flexibility index (Phi) is 4.89. The molecule has 6 nitrogen and oxygen atoms in total. The molecule has 1 aliphatic rings. The van der Waals surface area contributed by atoms with E-state index < -0.39 is 23.0 Å². The second-order valence-electron chi connectivity index (χ2n) is 5.74. The minimum absolute atomic E-state index is 0.0533. The summed E-state index contributed by atoms with van der Waals surface area (Å²) in [4.78, 5) is 25.9. The van der Waals surface area contributed by atoms with E-state index in [4.69, 9.17) is 11.6 Å². The Morgan fingerprint density at radius 1 is 1.38 bits per heavy atom. The zero-order valence-corrected chi connectivity index (χ0v) is 14.9. The predicted molar refractivity (Wildman–Crippen MR) is 90.2 cm³/mol. The highest BCUT2D eigenvalue weighted by atomic mass is 35.5. The molecule has 0 spiro atoms. The second-order valence-corrected chi connectivity index (χ2v) is 7.12. The number of aryl methyl sites for hydroxylation is 1. The van der Waals surface area contributed by atoms with Gasteiger partial charge in [-0.1, -0.05) is 29.0 Å². The van der Waals surface area contributed by atoms with Gasteiger partial charge >= 0.3 is 6.18 Å². The molecule has 1 atom stereocenters. The molecule has 1 fully saturated rings. The van der Waals surface area contributed by atoms with E-state index in [-0.39, 0.29) is 35.3 Å². The Bertz CT molecular complexity index is 871. The van der Waals surface area contributed by atoms with E-state index >= 15 is 0 Å². The maximum Gasteiger partial charge on any atom is 0.445 e. The highest BCUT2D eigenvalue weighted by Gasteiger charge is 2.38. The maximum atomic E-state index is 12.5. The van der Waals surface area contributed by atoms with Gasteiger partial charge in [0.25, 0.3) is 0 Å². The first-order valence-electron chi connectivity index (χ1n) is 7.43. The number of nitrogens with zero attached hydrogens (tertiary/aromatic N) is 3. The first-order chi connectivity index (χ1) is 12.1. The Balaban J connectivity index is 1.69. The van der Waals surface area contributed by atoms with E-state index in [0.717, 1.165) is 5.56 Å². The summed E-state index contributed by atoms with van der Waals surface area (Å²) in [6.45, 7) is 1.93. The fourth-order valence-electron chi connectivity index (χ4n) is 2.48. The topological polar surface area (TPSA) is 75.2 Å². The molecule has 0 aliphatic carbocycles. The predicted octanol–water partition coefficient (Wildman–Crippen LogP) is 3.51. The van der Waals surface area contributed by atoms with Crippen molar-refractivity contribution in [3.63, 3.8) is 0 Å². The monoisotopic (exact) mass is 404 g/mol. The van der Waals surface area contributed by atoms with Crippen LogP contribution in [0.5, 0.6) is 0 Å². The Hall–Kier alpha value is -2.20. The van der Waals surface area contributed by atoms with E-state index in [9.17, 15) is 22.8 Å². The number of aromatic nitrogens is 2. The molecule has 1 aromatic heterocycles. The molecule has 0 bridgehead atoms. The molecule has 2 heterocycles. The lowest BCUT2D eigenvalue weighted by Crippen LogP contribution is -2.28. The van der Waals surface area contributed by atoms with Crippen LogP contribution in [0.4, 0.5) is 24.0 Å². The van der Waals surface area contributed by atoms with Crippen LogP contribution in [-0.2, 0) is 15.8 Å². The van der Waals surface area contributed by atoms with Crippen molar-refractivity contribution < 1.29 is 22.8 Å². The molecule has 1 unspecified atom stereocenters. The number of halogens is 4. The summed E-state index contributed by atoms with van der Waals surface area (Å²) in [5.74, 6) is -1.55. The molecular weight excluding hydrogens is 393 g/mol. The number of rotatable bonds is 3. The van der Waals surface area contributed by atoms with Crippen LogP contribution in [0.1, 0.15) is 17.0 Å². The molecule has 11 heteroatoms. The molecule has 1 saturated heterocycles. The zero-order chi connectivity index (χ0) is 19.1. The van der Waals surface area contributed by atoms with E-state index in [1.165, 1.54) is 4.90 Å². The van der Waals surface area contributed by atoms with Crippen LogP contribution < -0.4 is 10.2 Å². The van der Waals surface area contributed by atoms with Crippen molar-refractivity contribution in [2.75, 3.05) is 16.8 Å². The summed E-state index contributed by atoms with van der Waals surface area (Å²) in [5, 5.41) is 7.69. The third-order valence-corrected chi connectivity index (χ3v) is 5.15. The van der Waals surface area contributed by atoms with Crippen molar-refractivity contribution in [1.82, 2.24) is 10.2 Å². The molecule has 138 valence electrons. The lowest BCUT2D eigenvalue weighted by Gasteiger charge is -2.17. The van der Waals surface area contributed by atoms with Gasteiger partial charge in [-0.2, -0.15) is 13.2 Å². The van der Waals surface area contributed by atoms with Gasteiger partial charge in [0.1, 0.15) is 0 Å². The number of carbonyl (C=O) groups is 2. The average molecular weight is 405 g/mol. The number of hydrogen-bond acceptors (Lipinski definition) is 5. The van der Waals surface area contributed by atoms with Crippen molar-refractivity contribution in [3.8, 4) is 0 Å². The Morgan fingerprint density at radius 3 is 2.73 bits per heavy atom. The van der Waals surface area contributed by atoms with E-state index in [1.807, 2.05) is 6.92 Å². The smallest absolute Gasteiger partial charge is 0.312 e. The molecular formula is C15H12ClF3N4O2S. The van der Waals surface area contributed by atoms with E-state index in [2.05, 4.69) is 15.5 Å². The molecule has 1 aliphatic heterocycles. The molecule has 0 radical (unpaired) electrons. The average Bonchev–Trinajstić information content (AvgIpc) is 3.16. The van der Waals surface area contributed by atoms with Crippen LogP contribution in [0.3, 0.4) is 0 Å². The molecule has 1 N–H and O–H groups in total. The molecule has 2 aromatic rings. The number of anilines is 2. The van der Waals surface area contributed by atoms with Gasteiger partial charge in [-0.3, -0.25) is 9.59 Å². The van der Waals surface area contributed by atoms with Gasteiger partial charge in [-0.15, -0.1) is 10.2 Å². The number of carbonyl (C=O) groups excluding carboxylic acids is 2. The first kappa shape index (κ1) is 18.6. The first-order valence-corrected chi connectivity index (χ1v) is 8.62. The quantitative estimate of drug-likeness (QED) is 0.849. The summed E-state index contributed by atoms with van der Waals surface area (Å²) >= 11 is 6.30. The highest BCUT2D eigenvalue weighted by Crippen LogP contribution is 2.34. The van der Waals surface area contributed by atoms with Crippen LogP contribution in [0, 0.1) is 12.8 Å². The van der Waals surface area contributed by atoms with Gasteiger partial charge in [0.2, 0.25) is 22.0 Å². The number of amides is 2. The van der Waals surface area contributed by atoms with Gasteiger partial charge in [-0.25, -0.2) is 0 Å². The van der Waals surface area contributed by atoms with Gasteiger partial charge in [0.15, 0.2) is 0 Å². The minimum Gasteiger partial charge on any atom is -0.312 e. The van der Waals surface area contributed by atoms with E-state index in [0.29, 0.717) is 10.7 Å². The fourth-order valence-corrected chi connectivity index (χ4v) is 3.27. The lowest BCUT2D eigenvalue weighted by atomic mass is 10.1. The fraction of sp³-hybridized carbons (Fsp3) is 0.333. The molecule has 1 aromatic carbocycles. The lowest BCUT2D eigenvalue weighted by molar-refractivity contribution is -0.138. The van der Waals surface area contributed by atoms with Crippen molar-refractivity contribution in [3.05, 3.63) is 33.8 Å². The Labute approximate surface area is 155 Å². The van der Waals surface area contributed by atoms with Crippen LogP contribution in [-0.4, -0.2) is 28.6 Å². The summed E-state index contributed by atoms with van der Waals surface area (Å²) in [5.41, 5.74) is 1.42. The summed E-state index contributed by atoms with van der Waals surface area (Å²) in [6, 6.07) is 5.12. The third kappa shape index (κ3) is 3.80. The number of benzene rings is 1. The van der Waals surface area contributed by atoms with Crippen molar-refractivity contribution >= 4 is 45.6 Å². The van der Waals surface area contributed by atoms with Gasteiger partial charge in [-0.05, 0) is 24.6 Å². The summed E-state index contributed by atoms with van der Waals surface area (Å²) < 4.78 is 37.6. The normalized spacial score (nSPS) is 17.7. The minimum atomic E-state index is -4.62. The summed E-state index contributed by atoms with van der Waals surface area (Å²) in [7, 11) is 0.